The first-order chi connectivity index (χ1) is 13.1. The van der Waals surface area contributed by atoms with Crippen LogP contribution < -0.4 is 15.0 Å². The summed E-state index contributed by atoms with van der Waals surface area (Å²) in [4.78, 5) is 14.5. The topological polar surface area (TPSA) is 42.8 Å². The molecule has 0 aliphatic carbocycles. The number of para-hydroxylation sites is 1. The number of carbonyl (C=O) groups excluding carboxylic acids is 1. The lowest BCUT2D eigenvalue weighted by molar-refractivity contribution is -0.901. The van der Waals surface area contributed by atoms with Gasteiger partial charge in [-0.25, -0.2) is 0 Å². The lowest BCUT2D eigenvalue weighted by Gasteiger charge is -2.16. The predicted molar refractivity (Wildman–Crippen MR) is 106 cm³/mol. The van der Waals surface area contributed by atoms with E-state index in [-0.39, 0.29) is 12.0 Å². The number of quaternary nitrogens is 1. The van der Waals surface area contributed by atoms with E-state index in [4.69, 9.17) is 4.74 Å². The van der Waals surface area contributed by atoms with Crippen molar-refractivity contribution in [2.75, 3.05) is 13.1 Å². The minimum absolute atomic E-state index is 0.0588. The molecule has 2 aromatic rings. The molecule has 0 unspecified atom stereocenters. The third kappa shape index (κ3) is 3.72. The Morgan fingerprint density at radius 1 is 1.07 bits per heavy atom. The standard InChI is InChI=1S/C23H28N2O2/c1-16-17(2)27-22-20(16)10-7-11-21(22)23(26)24-14-18-8-3-4-9-19(18)15-25-12-5-6-13-25/h3-4,7-11,16-17H,5-6,12-15H2,1-2H3,(H,24,26)/p+1/t16-,17+/m0/s1. The van der Waals surface area contributed by atoms with Crippen molar-refractivity contribution in [2.45, 2.75) is 51.8 Å². The van der Waals surface area contributed by atoms with Crippen molar-refractivity contribution >= 4 is 5.91 Å². The molecule has 142 valence electrons. The number of ether oxygens (including phenoxy) is 1. The van der Waals surface area contributed by atoms with E-state index in [1.54, 1.807) is 4.90 Å². The molecule has 2 heterocycles. The van der Waals surface area contributed by atoms with Crippen LogP contribution in [-0.4, -0.2) is 25.1 Å². The van der Waals surface area contributed by atoms with E-state index in [0.717, 1.165) is 17.9 Å². The fourth-order valence-corrected chi connectivity index (χ4v) is 4.26. The number of fused-ring (bicyclic) bond motifs is 1. The second kappa shape index (κ2) is 7.73. The lowest BCUT2D eigenvalue weighted by Crippen LogP contribution is -3.08. The Balaban J connectivity index is 1.47. The molecule has 4 rings (SSSR count). The molecule has 0 aromatic heterocycles. The maximum absolute atomic E-state index is 12.9. The Morgan fingerprint density at radius 3 is 2.59 bits per heavy atom. The predicted octanol–water partition coefficient (Wildman–Crippen LogP) is 2.68. The molecule has 1 amide bonds. The van der Waals surface area contributed by atoms with Crippen LogP contribution in [0.2, 0.25) is 0 Å². The summed E-state index contributed by atoms with van der Waals surface area (Å²) >= 11 is 0. The number of rotatable bonds is 5. The van der Waals surface area contributed by atoms with Crippen molar-refractivity contribution in [3.05, 3.63) is 64.7 Å². The lowest BCUT2D eigenvalue weighted by atomic mass is 9.97. The molecule has 1 saturated heterocycles. The average molecular weight is 365 g/mol. The summed E-state index contributed by atoms with van der Waals surface area (Å²) < 4.78 is 5.97. The summed E-state index contributed by atoms with van der Waals surface area (Å²) in [5.74, 6) is 1.01. The first-order valence-electron chi connectivity index (χ1n) is 10.1. The van der Waals surface area contributed by atoms with Crippen molar-refractivity contribution in [1.82, 2.24) is 5.32 Å². The molecule has 2 atom stereocenters. The van der Waals surface area contributed by atoms with E-state index < -0.39 is 0 Å². The molecule has 27 heavy (non-hydrogen) atoms. The van der Waals surface area contributed by atoms with Crippen molar-refractivity contribution in [2.24, 2.45) is 0 Å². The fourth-order valence-electron chi connectivity index (χ4n) is 4.26. The van der Waals surface area contributed by atoms with Gasteiger partial charge in [-0.3, -0.25) is 4.79 Å². The van der Waals surface area contributed by atoms with Crippen LogP contribution in [0.15, 0.2) is 42.5 Å². The number of benzene rings is 2. The smallest absolute Gasteiger partial charge is 0.255 e. The minimum Gasteiger partial charge on any atom is -0.489 e. The normalized spacial score (nSPS) is 21.7. The number of carbonyl (C=O) groups is 1. The van der Waals surface area contributed by atoms with Crippen LogP contribution in [0.1, 0.15) is 59.7 Å². The molecule has 0 radical (unpaired) electrons. The second-order valence-corrected chi connectivity index (χ2v) is 7.92. The number of amides is 1. The van der Waals surface area contributed by atoms with Crippen LogP contribution in [0, 0.1) is 0 Å². The van der Waals surface area contributed by atoms with Crippen LogP contribution in [0.25, 0.3) is 0 Å². The van der Waals surface area contributed by atoms with Gasteiger partial charge in [0, 0.05) is 36.4 Å². The molecule has 2 N–H and O–H groups in total. The largest absolute Gasteiger partial charge is 0.489 e. The Bertz CT molecular complexity index is 827. The van der Waals surface area contributed by atoms with E-state index in [1.165, 1.54) is 37.1 Å². The van der Waals surface area contributed by atoms with E-state index in [1.807, 2.05) is 12.1 Å². The van der Waals surface area contributed by atoms with Gasteiger partial charge in [0.2, 0.25) is 0 Å². The highest BCUT2D eigenvalue weighted by Gasteiger charge is 2.31. The van der Waals surface area contributed by atoms with Gasteiger partial charge in [0.15, 0.2) is 0 Å². The van der Waals surface area contributed by atoms with Gasteiger partial charge in [0.25, 0.3) is 5.91 Å². The fraction of sp³-hybridized carbons (Fsp3) is 0.435. The van der Waals surface area contributed by atoms with Crippen molar-refractivity contribution < 1.29 is 14.4 Å². The molecule has 2 aliphatic heterocycles. The molecule has 4 nitrogen and oxygen atoms in total. The van der Waals surface area contributed by atoms with Crippen molar-refractivity contribution in [3.8, 4) is 5.75 Å². The first kappa shape index (κ1) is 18.1. The van der Waals surface area contributed by atoms with Crippen LogP contribution >= 0.6 is 0 Å². The molecular formula is C23H29N2O2+. The summed E-state index contributed by atoms with van der Waals surface area (Å²) in [6.07, 6.45) is 2.76. The van der Waals surface area contributed by atoms with Gasteiger partial charge in [-0.1, -0.05) is 43.3 Å². The van der Waals surface area contributed by atoms with Gasteiger partial charge in [-0.15, -0.1) is 0 Å². The van der Waals surface area contributed by atoms with Crippen LogP contribution in [0.5, 0.6) is 5.75 Å². The molecule has 4 heteroatoms. The van der Waals surface area contributed by atoms with E-state index in [9.17, 15) is 4.79 Å². The Kier molecular flexibility index (Phi) is 5.17. The zero-order chi connectivity index (χ0) is 18.8. The molecule has 2 aromatic carbocycles. The van der Waals surface area contributed by atoms with Gasteiger partial charge in [-0.05, 0) is 18.6 Å². The monoisotopic (exact) mass is 365 g/mol. The summed E-state index contributed by atoms with van der Waals surface area (Å²) in [6, 6.07) is 14.3. The maximum atomic E-state index is 12.9. The SMILES string of the molecule is C[C@@H]1c2cccc(C(=O)NCc3ccccc3C[NH+]3CCCC3)c2O[C@@H]1C. The molecule has 0 saturated carbocycles. The van der Waals surface area contributed by atoms with E-state index in [2.05, 4.69) is 49.5 Å². The maximum Gasteiger partial charge on any atom is 0.255 e. The molecule has 2 aliphatic rings. The third-order valence-electron chi connectivity index (χ3n) is 6.10. The summed E-state index contributed by atoms with van der Waals surface area (Å²) in [6.45, 7) is 8.31. The van der Waals surface area contributed by atoms with E-state index >= 15 is 0 Å². The Labute approximate surface area is 161 Å². The molecular weight excluding hydrogens is 336 g/mol. The molecule has 1 fully saturated rings. The third-order valence-corrected chi connectivity index (χ3v) is 6.10. The van der Waals surface area contributed by atoms with Crippen molar-refractivity contribution in [3.63, 3.8) is 0 Å². The van der Waals surface area contributed by atoms with Gasteiger partial charge in [0.1, 0.15) is 18.4 Å². The van der Waals surface area contributed by atoms with Gasteiger partial charge in [-0.2, -0.15) is 0 Å². The Morgan fingerprint density at radius 2 is 1.81 bits per heavy atom. The highest BCUT2D eigenvalue weighted by molar-refractivity contribution is 5.97. The quantitative estimate of drug-likeness (QED) is 0.856. The molecule has 0 spiro atoms. The number of nitrogens with one attached hydrogen (secondary N) is 2. The average Bonchev–Trinajstić information content (AvgIpc) is 3.29. The Hall–Kier alpha value is -2.33. The molecule has 0 bridgehead atoms. The number of likely N-dealkylation sites (tertiary alicyclic amines) is 1. The highest BCUT2D eigenvalue weighted by atomic mass is 16.5. The van der Waals surface area contributed by atoms with E-state index in [0.29, 0.717) is 18.0 Å². The number of hydrogen-bond donors (Lipinski definition) is 2. The van der Waals surface area contributed by atoms with Gasteiger partial charge in [0.05, 0.1) is 18.7 Å². The first-order valence-corrected chi connectivity index (χ1v) is 10.1. The second-order valence-electron chi connectivity index (χ2n) is 7.92. The van der Waals surface area contributed by atoms with Gasteiger partial charge < -0.3 is 15.0 Å². The van der Waals surface area contributed by atoms with Crippen LogP contribution in [0.4, 0.5) is 0 Å². The summed E-state index contributed by atoms with van der Waals surface area (Å²) in [5, 5.41) is 3.11. The number of hydrogen-bond acceptors (Lipinski definition) is 2. The van der Waals surface area contributed by atoms with Crippen LogP contribution in [-0.2, 0) is 13.1 Å². The zero-order valence-corrected chi connectivity index (χ0v) is 16.3. The zero-order valence-electron chi connectivity index (χ0n) is 16.3. The minimum atomic E-state index is -0.0588. The van der Waals surface area contributed by atoms with Crippen molar-refractivity contribution in [1.29, 1.82) is 0 Å². The van der Waals surface area contributed by atoms with Crippen LogP contribution in [0.3, 0.4) is 0 Å². The van der Waals surface area contributed by atoms with Gasteiger partial charge >= 0.3 is 0 Å². The summed E-state index contributed by atoms with van der Waals surface area (Å²) in [5.41, 5.74) is 4.33. The highest BCUT2D eigenvalue weighted by Crippen LogP contribution is 2.40. The summed E-state index contributed by atoms with van der Waals surface area (Å²) in [7, 11) is 0.